The third-order valence-corrected chi connectivity index (χ3v) is 3.27. The summed E-state index contributed by atoms with van der Waals surface area (Å²) in [4.78, 5) is 13.8. The number of nitrogens with one attached hydrogen (secondary N) is 1. The van der Waals surface area contributed by atoms with Crippen molar-refractivity contribution in [1.29, 1.82) is 0 Å². The molecule has 1 N–H and O–H groups in total. The molecule has 108 valence electrons. The smallest absolute Gasteiger partial charge is 0.221 e. The van der Waals surface area contributed by atoms with Crippen LogP contribution >= 0.6 is 0 Å². The Bertz CT molecular complexity index is 589. The Labute approximate surface area is 119 Å². The molecule has 0 saturated carbocycles. The molecule has 1 amide bonds. The van der Waals surface area contributed by atoms with Crippen molar-refractivity contribution < 1.29 is 4.79 Å². The molecular weight excluding hydrogens is 252 g/mol. The van der Waals surface area contributed by atoms with Gasteiger partial charge in [-0.2, -0.15) is 5.10 Å². The Morgan fingerprint density at radius 3 is 2.85 bits per heavy atom. The lowest BCUT2D eigenvalue weighted by Gasteiger charge is -2.10. The van der Waals surface area contributed by atoms with Crippen LogP contribution < -0.4 is 5.32 Å². The molecule has 5 nitrogen and oxygen atoms in total. The number of carbonyl (C=O) groups excluding carboxylic acids is 1. The molecule has 0 aliphatic rings. The molecule has 1 aromatic carbocycles. The molecule has 1 aromatic heterocycles. The number of amides is 1. The van der Waals surface area contributed by atoms with Crippen molar-refractivity contribution in [2.24, 2.45) is 0 Å². The largest absolute Gasteiger partial charge is 0.355 e. The van der Waals surface area contributed by atoms with Gasteiger partial charge in [-0.3, -0.25) is 9.48 Å². The van der Waals surface area contributed by atoms with Crippen LogP contribution in [0.4, 0.5) is 0 Å². The summed E-state index contributed by atoms with van der Waals surface area (Å²) < 4.78 is 1.91. The van der Waals surface area contributed by atoms with E-state index in [2.05, 4.69) is 16.5 Å². The van der Waals surface area contributed by atoms with Gasteiger partial charge in [0.05, 0.1) is 17.8 Å². The molecule has 5 heteroatoms. The van der Waals surface area contributed by atoms with Gasteiger partial charge in [-0.15, -0.1) is 0 Å². The maximum atomic E-state index is 11.8. The first kappa shape index (κ1) is 14.5. The van der Waals surface area contributed by atoms with E-state index in [1.165, 1.54) is 0 Å². The minimum atomic E-state index is 0.0732. The Kier molecular flexibility index (Phi) is 4.74. The van der Waals surface area contributed by atoms with Crippen LogP contribution in [0.2, 0.25) is 0 Å². The van der Waals surface area contributed by atoms with E-state index < -0.39 is 0 Å². The van der Waals surface area contributed by atoms with Gasteiger partial charge >= 0.3 is 0 Å². The summed E-state index contributed by atoms with van der Waals surface area (Å²) in [6, 6.07) is 8.11. The molecule has 0 aliphatic carbocycles. The first-order valence-corrected chi connectivity index (χ1v) is 6.91. The van der Waals surface area contributed by atoms with Crippen molar-refractivity contribution in [1.82, 2.24) is 20.0 Å². The van der Waals surface area contributed by atoms with Crippen LogP contribution in [0.3, 0.4) is 0 Å². The molecule has 0 aliphatic heterocycles. The molecule has 0 spiro atoms. The summed E-state index contributed by atoms with van der Waals surface area (Å²) in [6.07, 6.45) is 0.457. The minimum absolute atomic E-state index is 0.0732. The van der Waals surface area contributed by atoms with E-state index in [-0.39, 0.29) is 5.91 Å². The van der Waals surface area contributed by atoms with Crippen molar-refractivity contribution in [3.8, 4) is 0 Å². The second-order valence-corrected chi connectivity index (χ2v) is 5.23. The highest BCUT2D eigenvalue weighted by atomic mass is 16.1. The van der Waals surface area contributed by atoms with E-state index in [1.54, 1.807) is 0 Å². The standard InChI is InChI=1S/C15H22N4O/c1-12-13-6-4-5-7-14(13)19(17-12)10-8-15(20)16-9-11-18(2)3/h4-7H,8-11H2,1-3H3,(H,16,20). The van der Waals surface area contributed by atoms with Crippen molar-refractivity contribution in [3.63, 3.8) is 0 Å². The number of hydrogen-bond acceptors (Lipinski definition) is 3. The molecule has 0 saturated heterocycles. The number of hydrogen-bond donors (Lipinski definition) is 1. The van der Waals surface area contributed by atoms with Gasteiger partial charge in [-0.25, -0.2) is 0 Å². The fraction of sp³-hybridized carbons (Fsp3) is 0.467. The maximum Gasteiger partial charge on any atom is 0.221 e. The highest BCUT2D eigenvalue weighted by Crippen LogP contribution is 2.17. The minimum Gasteiger partial charge on any atom is -0.355 e. The summed E-state index contributed by atoms with van der Waals surface area (Å²) >= 11 is 0. The zero-order valence-corrected chi connectivity index (χ0v) is 12.4. The number of likely N-dealkylation sites (N-methyl/N-ethyl adjacent to an activating group) is 1. The van der Waals surface area contributed by atoms with E-state index in [9.17, 15) is 4.79 Å². The summed E-state index contributed by atoms with van der Waals surface area (Å²) in [7, 11) is 3.98. The Morgan fingerprint density at radius 1 is 1.35 bits per heavy atom. The first-order valence-electron chi connectivity index (χ1n) is 6.91. The lowest BCUT2D eigenvalue weighted by atomic mass is 10.2. The number of para-hydroxylation sites is 1. The summed E-state index contributed by atoms with van der Waals surface area (Å²) in [5.74, 6) is 0.0732. The van der Waals surface area contributed by atoms with Gasteiger partial charge in [0.1, 0.15) is 0 Å². The zero-order valence-electron chi connectivity index (χ0n) is 12.4. The number of benzene rings is 1. The molecule has 2 aromatic rings. The Hall–Kier alpha value is -1.88. The third kappa shape index (κ3) is 3.57. The summed E-state index contributed by atoms with van der Waals surface area (Å²) in [6.45, 7) is 4.15. The van der Waals surface area contributed by atoms with Gasteiger partial charge in [-0.1, -0.05) is 18.2 Å². The van der Waals surface area contributed by atoms with E-state index >= 15 is 0 Å². The molecule has 0 bridgehead atoms. The van der Waals surface area contributed by atoms with Crippen LogP contribution in [0.1, 0.15) is 12.1 Å². The zero-order chi connectivity index (χ0) is 14.5. The summed E-state index contributed by atoms with van der Waals surface area (Å²) in [5.41, 5.74) is 2.10. The average Bonchev–Trinajstić information content (AvgIpc) is 2.73. The van der Waals surface area contributed by atoms with E-state index in [1.807, 2.05) is 48.8 Å². The fourth-order valence-corrected chi connectivity index (χ4v) is 2.18. The fourth-order valence-electron chi connectivity index (χ4n) is 2.18. The van der Waals surface area contributed by atoms with Crippen LogP contribution in [0.5, 0.6) is 0 Å². The van der Waals surface area contributed by atoms with Crippen molar-refractivity contribution >= 4 is 16.8 Å². The lowest BCUT2D eigenvalue weighted by Crippen LogP contribution is -2.31. The van der Waals surface area contributed by atoms with Gasteiger partial charge in [0.15, 0.2) is 0 Å². The maximum absolute atomic E-state index is 11.8. The number of aromatic nitrogens is 2. The number of carbonyl (C=O) groups is 1. The van der Waals surface area contributed by atoms with E-state index in [4.69, 9.17) is 0 Å². The number of nitrogens with zero attached hydrogens (tertiary/aromatic N) is 3. The van der Waals surface area contributed by atoms with Gasteiger partial charge < -0.3 is 10.2 Å². The van der Waals surface area contributed by atoms with Crippen LogP contribution in [-0.2, 0) is 11.3 Å². The predicted molar refractivity (Wildman–Crippen MR) is 80.7 cm³/mol. The molecule has 0 unspecified atom stereocenters. The normalized spacial score (nSPS) is 11.2. The van der Waals surface area contributed by atoms with Gasteiger partial charge in [0.2, 0.25) is 5.91 Å². The van der Waals surface area contributed by atoms with Crippen molar-refractivity contribution in [2.45, 2.75) is 19.9 Å². The Balaban J connectivity index is 1.91. The van der Waals surface area contributed by atoms with Crippen LogP contribution in [0.25, 0.3) is 10.9 Å². The second kappa shape index (κ2) is 6.52. The topological polar surface area (TPSA) is 50.2 Å². The molecule has 1 heterocycles. The molecule has 0 atom stereocenters. The number of aryl methyl sites for hydroxylation is 2. The first-order chi connectivity index (χ1) is 9.58. The molecule has 20 heavy (non-hydrogen) atoms. The number of fused-ring (bicyclic) bond motifs is 1. The Morgan fingerprint density at radius 2 is 2.10 bits per heavy atom. The SMILES string of the molecule is Cc1nn(CCC(=O)NCCN(C)C)c2ccccc12. The van der Waals surface area contributed by atoms with Crippen LogP contribution in [-0.4, -0.2) is 47.8 Å². The van der Waals surface area contributed by atoms with Crippen LogP contribution in [0, 0.1) is 6.92 Å². The third-order valence-electron chi connectivity index (χ3n) is 3.27. The van der Waals surface area contributed by atoms with E-state index in [0.29, 0.717) is 19.5 Å². The molecule has 0 fully saturated rings. The predicted octanol–water partition coefficient (Wildman–Crippen LogP) is 1.41. The highest BCUT2D eigenvalue weighted by molar-refractivity contribution is 5.82. The highest BCUT2D eigenvalue weighted by Gasteiger charge is 2.08. The lowest BCUT2D eigenvalue weighted by molar-refractivity contribution is -0.121. The molecular formula is C15H22N4O. The average molecular weight is 274 g/mol. The van der Waals surface area contributed by atoms with E-state index in [0.717, 1.165) is 23.1 Å². The quantitative estimate of drug-likeness (QED) is 0.866. The van der Waals surface area contributed by atoms with Gasteiger partial charge in [0.25, 0.3) is 0 Å². The van der Waals surface area contributed by atoms with Gasteiger partial charge in [0, 0.05) is 24.9 Å². The van der Waals surface area contributed by atoms with Crippen LogP contribution in [0.15, 0.2) is 24.3 Å². The monoisotopic (exact) mass is 274 g/mol. The molecule has 2 rings (SSSR count). The summed E-state index contributed by atoms with van der Waals surface area (Å²) in [5, 5.41) is 8.57. The van der Waals surface area contributed by atoms with Crippen molar-refractivity contribution in [2.75, 3.05) is 27.2 Å². The number of rotatable bonds is 6. The molecule has 0 radical (unpaired) electrons. The second-order valence-electron chi connectivity index (χ2n) is 5.23. The van der Waals surface area contributed by atoms with Crippen molar-refractivity contribution in [3.05, 3.63) is 30.0 Å². The van der Waals surface area contributed by atoms with Gasteiger partial charge in [-0.05, 0) is 27.1 Å².